The van der Waals surface area contributed by atoms with Crippen molar-refractivity contribution in [3.05, 3.63) is 51.2 Å². The Labute approximate surface area is 148 Å². The third kappa shape index (κ3) is 3.07. The molecule has 2 aromatic heterocycles. The number of hydrogen-bond donors (Lipinski definition) is 1. The molecule has 0 aliphatic heterocycles. The van der Waals surface area contributed by atoms with Gasteiger partial charge >= 0.3 is 0 Å². The normalized spacial score (nSPS) is 10.8. The Hall–Kier alpha value is -2.18. The number of aromatic nitrogens is 2. The molecule has 0 aliphatic rings. The summed E-state index contributed by atoms with van der Waals surface area (Å²) in [5.74, 6) is 0.131. The topological polar surface area (TPSA) is 68.0 Å². The molecule has 24 heavy (non-hydrogen) atoms. The molecule has 3 rings (SSSR count). The summed E-state index contributed by atoms with van der Waals surface area (Å²) >= 11 is 7.68. The third-order valence-corrected chi connectivity index (χ3v) is 4.92. The van der Waals surface area contributed by atoms with Gasteiger partial charge in [-0.25, -0.2) is 4.98 Å². The Bertz CT molecular complexity index is 901. The first-order valence-corrected chi connectivity index (χ1v) is 8.69. The monoisotopic (exact) mass is 361 g/mol. The maximum atomic E-state index is 12.7. The summed E-state index contributed by atoms with van der Waals surface area (Å²) in [5.41, 5.74) is 2.45. The summed E-state index contributed by atoms with van der Waals surface area (Å²) in [4.78, 5) is 18.3. The Kier molecular flexibility index (Phi) is 4.69. The van der Waals surface area contributed by atoms with E-state index < -0.39 is 0 Å². The molecular weight excluding hydrogens is 346 g/mol. The number of halogens is 1. The van der Waals surface area contributed by atoms with E-state index in [0.717, 1.165) is 17.0 Å². The van der Waals surface area contributed by atoms with Crippen molar-refractivity contribution in [2.45, 2.75) is 27.2 Å². The molecule has 0 saturated carbocycles. The van der Waals surface area contributed by atoms with E-state index in [0.29, 0.717) is 32.7 Å². The molecule has 1 aromatic carbocycles. The van der Waals surface area contributed by atoms with Crippen LogP contribution in [0.2, 0.25) is 5.02 Å². The lowest BCUT2D eigenvalue weighted by atomic mass is 10.1. The molecule has 0 unspecified atom stereocenters. The van der Waals surface area contributed by atoms with Gasteiger partial charge in [-0.2, -0.15) is 0 Å². The summed E-state index contributed by atoms with van der Waals surface area (Å²) in [6.07, 6.45) is 0.829. The van der Waals surface area contributed by atoms with Crippen LogP contribution in [0.4, 0.5) is 5.13 Å². The van der Waals surface area contributed by atoms with Gasteiger partial charge in [-0.3, -0.25) is 10.1 Å². The van der Waals surface area contributed by atoms with Gasteiger partial charge in [-0.1, -0.05) is 41.9 Å². The quantitative estimate of drug-likeness (QED) is 0.718. The van der Waals surface area contributed by atoms with Gasteiger partial charge < -0.3 is 4.52 Å². The van der Waals surface area contributed by atoms with Crippen LogP contribution in [0.5, 0.6) is 0 Å². The van der Waals surface area contributed by atoms with E-state index >= 15 is 0 Å². The van der Waals surface area contributed by atoms with E-state index in [4.69, 9.17) is 16.1 Å². The molecule has 0 bridgehead atoms. The van der Waals surface area contributed by atoms with Gasteiger partial charge in [0.1, 0.15) is 17.0 Å². The average Bonchev–Trinajstić information content (AvgIpc) is 3.10. The Balaban J connectivity index is 1.96. The highest BCUT2D eigenvalue weighted by Crippen LogP contribution is 2.32. The van der Waals surface area contributed by atoms with Crippen LogP contribution < -0.4 is 5.32 Å². The molecule has 1 N–H and O–H groups in total. The lowest BCUT2D eigenvalue weighted by molar-refractivity contribution is 0.102. The van der Waals surface area contributed by atoms with Crippen LogP contribution in [0.3, 0.4) is 0 Å². The predicted molar refractivity (Wildman–Crippen MR) is 95.9 cm³/mol. The highest BCUT2D eigenvalue weighted by atomic mass is 35.5. The largest absolute Gasteiger partial charge is 0.360 e. The number of aryl methyl sites for hydroxylation is 3. The van der Waals surface area contributed by atoms with Crippen molar-refractivity contribution in [2.75, 3.05) is 5.32 Å². The van der Waals surface area contributed by atoms with Crippen LogP contribution >= 0.6 is 22.9 Å². The molecule has 124 valence electrons. The lowest BCUT2D eigenvalue weighted by Crippen LogP contribution is -2.13. The third-order valence-electron chi connectivity index (χ3n) is 3.67. The van der Waals surface area contributed by atoms with E-state index in [-0.39, 0.29) is 5.91 Å². The molecule has 0 saturated heterocycles. The maximum absolute atomic E-state index is 12.7. The minimum Gasteiger partial charge on any atom is -0.360 e. The van der Waals surface area contributed by atoms with Crippen molar-refractivity contribution in [1.82, 2.24) is 10.1 Å². The summed E-state index contributed by atoms with van der Waals surface area (Å²) in [7, 11) is 0. The van der Waals surface area contributed by atoms with Gasteiger partial charge in [-0.15, -0.1) is 11.3 Å². The van der Waals surface area contributed by atoms with Crippen molar-refractivity contribution in [3.63, 3.8) is 0 Å². The molecule has 0 fully saturated rings. The first-order valence-electron chi connectivity index (χ1n) is 7.50. The number of thiazole rings is 1. The molecule has 3 aromatic rings. The molecule has 7 heteroatoms. The highest BCUT2D eigenvalue weighted by molar-refractivity contribution is 7.15. The van der Waals surface area contributed by atoms with Crippen molar-refractivity contribution < 1.29 is 9.32 Å². The van der Waals surface area contributed by atoms with Gasteiger partial charge in [0.05, 0.1) is 10.7 Å². The second-order valence-corrected chi connectivity index (χ2v) is 6.88. The van der Waals surface area contributed by atoms with Crippen LogP contribution in [0.15, 0.2) is 28.8 Å². The zero-order valence-electron chi connectivity index (χ0n) is 13.5. The van der Waals surface area contributed by atoms with Crippen LogP contribution in [-0.2, 0) is 6.42 Å². The molecule has 0 atom stereocenters. The zero-order chi connectivity index (χ0) is 17.3. The molecule has 1 amide bonds. The molecule has 2 heterocycles. The van der Waals surface area contributed by atoms with Gasteiger partial charge in [0.25, 0.3) is 5.91 Å². The maximum Gasteiger partial charge on any atom is 0.263 e. The number of amides is 1. The first-order chi connectivity index (χ1) is 11.5. The van der Waals surface area contributed by atoms with E-state index in [1.54, 1.807) is 19.1 Å². The molecular formula is C17H16ClN3O2S. The van der Waals surface area contributed by atoms with Crippen LogP contribution in [0, 0.1) is 13.8 Å². The van der Waals surface area contributed by atoms with Crippen LogP contribution in [-0.4, -0.2) is 16.0 Å². The average molecular weight is 362 g/mol. The number of nitrogens with one attached hydrogen (secondary N) is 1. The van der Waals surface area contributed by atoms with E-state index in [2.05, 4.69) is 15.5 Å². The number of anilines is 1. The molecule has 0 aliphatic carbocycles. The van der Waals surface area contributed by atoms with Gasteiger partial charge in [0.2, 0.25) is 0 Å². The second kappa shape index (κ2) is 6.75. The SMILES string of the molecule is CCc1nc(NC(=O)c2c(-c3ccccc3Cl)noc2C)sc1C. The van der Waals surface area contributed by atoms with E-state index in [1.807, 2.05) is 26.0 Å². The minimum atomic E-state index is -0.305. The number of rotatable bonds is 4. The summed E-state index contributed by atoms with van der Waals surface area (Å²) < 4.78 is 5.23. The van der Waals surface area contributed by atoms with Crippen molar-refractivity contribution in [1.29, 1.82) is 0 Å². The lowest BCUT2D eigenvalue weighted by Gasteiger charge is -2.04. The van der Waals surface area contributed by atoms with Crippen LogP contribution in [0.25, 0.3) is 11.3 Å². The van der Waals surface area contributed by atoms with Gasteiger partial charge in [0.15, 0.2) is 5.13 Å². The zero-order valence-corrected chi connectivity index (χ0v) is 15.1. The number of hydrogen-bond acceptors (Lipinski definition) is 5. The van der Waals surface area contributed by atoms with Crippen molar-refractivity contribution >= 4 is 34.0 Å². The van der Waals surface area contributed by atoms with E-state index in [1.165, 1.54) is 11.3 Å². The van der Waals surface area contributed by atoms with E-state index in [9.17, 15) is 4.79 Å². The second-order valence-electron chi connectivity index (χ2n) is 5.27. The fourth-order valence-corrected chi connectivity index (χ4v) is 3.57. The summed E-state index contributed by atoms with van der Waals surface area (Å²) in [6, 6.07) is 7.22. The fourth-order valence-electron chi connectivity index (χ4n) is 2.45. The summed E-state index contributed by atoms with van der Waals surface area (Å²) in [6.45, 7) is 5.73. The summed E-state index contributed by atoms with van der Waals surface area (Å²) in [5, 5.41) is 7.93. The highest BCUT2D eigenvalue weighted by Gasteiger charge is 2.24. The molecule has 5 nitrogen and oxygen atoms in total. The fraction of sp³-hybridized carbons (Fsp3) is 0.235. The Morgan fingerprint density at radius 2 is 2.08 bits per heavy atom. The molecule has 0 radical (unpaired) electrons. The van der Waals surface area contributed by atoms with Gasteiger partial charge in [-0.05, 0) is 26.3 Å². The number of carbonyl (C=O) groups is 1. The number of nitrogens with zero attached hydrogens (tertiary/aromatic N) is 2. The minimum absolute atomic E-state index is 0.305. The predicted octanol–water partition coefficient (Wildman–Crippen LogP) is 4.88. The van der Waals surface area contributed by atoms with Gasteiger partial charge in [0, 0.05) is 10.4 Å². The molecule has 0 spiro atoms. The van der Waals surface area contributed by atoms with Crippen molar-refractivity contribution in [3.8, 4) is 11.3 Å². The smallest absolute Gasteiger partial charge is 0.263 e. The van der Waals surface area contributed by atoms with Crippen LogP contribution in [0.1, 0.15) is 33.6 Å². The van der Waals surface area contributed by atoms with Crippen molar-refractivity contribution in [2.24, 2.45) is 0 Å². The number of carbonyl (C=O) groups excluding carboxylic acids is 1. The number of benzene rings is 1. The first kappa shape index (κ1) is 16.7. The standard InChI is InChI=1S/C17H16ClN3O2S/c1-4-13-10(3)24-17(19-13)20-16(22)14-9(2)23-21-15(14)11-7-5-6-8-12(11)18/h5-8H,4H2,1-3H3,(H,19,20,22). The Morgan fingerprint density at radius 3 is 2.75 bits per heavy atom. The Morgan fingerprint density at radius 1 is 1.33 bits per heavy atom.